The summed E-state index contributed by atoms with van der Waals surface area (Å²) in [6, 6.07) is 25.0. The summed E-state index contributed by atoms with van der Waals surface area (Å²) in [5, 5.41) is 2.25. The van der Waals surface area contributed by atoms with Gasteiger partial charge in [-0.05, 0) is 50.1 Å². The number of para-hydroxylation sites is 1. The highest BCUT2D eigenvalue weighted by Crippen LogP contribution is 2.36. The number of aromatic nitrogens is 5. The van der Waals surface area contributed by atoms with Gasteiger partial charge in [0.05, 0.1) is 16.7 Å². The number of nitrogens with zero attached hydrogens (tertiary/aromatic N) is 5. The van der Waals surface area contributed by atoms with Gasteiger partial charge < -0.3 is 4.57 Å². The minimum Gasteiger partial charge on any atom is -0.309 e. The van der Waals surface area contributed by atoms with Gasteiger partial charge in [-0.2, -0.15) is 9.97 Å². The quantitative estimate of drug-likeness (QED) is 0.191. The molecule has 6 aromatic rings. The summed E-state index contributed by atoms with van der Waals surface area (Å²) in [5.74, 6) is 1.74. The lowest BCUT2D eigenvalue weighted by Crippen LogP contribution is -2.10. The molecule has 3 aromatic heterocycles. The van der Waals surface area contributed by atoms with Crippen LogP contribution in [0.1, 0.15) is 49.1 Å². The summed E-state index contributed by atoms with van der Waals surface area (Å²) in [6.07, 6.45) is 8.86. The Balaban J connectivity index is 1.70. The Morgan fingerprint density at radius 2 is 1.52 bits per heavy atom. The molecule has 0 bridgehead atoms. The van der Waals surface area contributed by atoms with Crippen LogP contribution in [0.5, 0.6) is 0 Å². The summed E-state index contributed by atoms with van der Waals surface area (Å²) < 4.78 is 4.45. The smallest absolute Gasteiger partial charge is 0.238 e. The van der Waals surface area contributed by atoms with Crippen molar-refractivity contribution in [1.29, 1.82) is 0 Å². The Hall–Kier alpha value is -5.29. The molecule has 0 aliphatic rings. The van der Waals surface area contributed by atoms with Crippen LogP contribution in [0.25, 0.3) is 68.6 Å². The first-order chi connectivity index (χ1) is 20.5. The van der Waals surface area contributed by atoms with E-state index < -0.39 is 0 Å². The predicted molar refractivity (Wildman–Crippen MR) is 178 cm³/mol. The fourth-order valence-electron chi connectivity index (χ4n) is 5.77. The molecule has 0 saturated carbocycles. The molecule has 0 unspecified atom stereocenters. The van der Waals surface area contributed by atoms with Crippen LogP contribution >= 0.6 is 0 Å². The van der Waals surface area contributed by atoms with Crippen LogP contribution in [0.15, 0.2) is 98.6 Å². The van der Waals surface area contributed by atoms with E-state index in [9.17, 15) is 0 Å². The maximum absolute atomic E-state index is 5.01. The Morgan fingerprint density at radius 1 is 0.810 bits per heavy atom. The van der Waals surface area contributed by atoms with E-state index in [1.54, 1.807) is 0 Å². The van der Waals surface area contributed by atoms with Crippen LogP contribution in [0, 0.1) is 0 Å². The molecule has 0 amide bonds. The van der Waals surface area contributed by atoms with Crippen LogP contribution in [0.2, 0.25) is 0 Å². The van der Waals surface area contributed by atoms with Gasteiger partial charge in [-0.25, -0.2) is 4.98 Å². The van der Waals surface area contributed by atoms with E-state index >= 15 is 0 Å². The molecule has 0 spiro atoms. The average Bonchev–Trinajstić information content (AvgIpc) is 3.52. The van der Waals surface area contributed by atoms with E-state index in [2.05, 4.69) is 90.4 Å². The minimum absolute atomic E-state index is 0.562. The van der Waals surface area contributed by atoms with Crippen molar-refractivity contribution in [3.8, 4) is 23.0 Å². The molecule has 3 aromatic carbocycles. The monoisotopic (exact) mass is 547 g/mol. The van der Waals surface area contributed by atoms with Crippen molar-refractivity contribution in [3.63, 3.8) is 0 Å². The second-order valence-corrected chi connectivity index (χ2v) is 10.2. The number of benzene rings is 3. The zero-order valence-electron chi connectivity index (χ0n) is 24.3. The van der Waals surface area contributed by atoms with Gasteiger partial charge >= 0.3 is 0 Å². The minimum atomic E-state index is 0.562. The SMILES string of the molecule is C=Cc1c(/C=C\C)n(-c2ccc3c(C=C)c(CC)n(-c4nc(C(=C)C)nc(-c5ccccc5)n4)c3c2)c2ccccc12. The summed E-state index contributed by atoms with van der Waals surface area (Å²) in [6.45, 7) is 18.6. The van der Waals surface area contributed by atoms with Crippen LogP contribution in [-0.2, 0) is 6.42 Å². The highest BCUT2D eigenvalue weighted by molar-refractivity contribution is 5.97. The van der Waals surface area contributed by atoms with Crippen molar-refractivity contribution in [1.82, 2.24) is 24.1 Å². The molecule has 42 heavy (non-hydrogen) atoms. The first-order valence-corrected chi connectivity index (χ1v) is 14.2. The van der Waals surface area contributed by atoms with Crippen molar-refractivity contribution in [3.05, 3.63) is 127 Å². The molecular formula is C37H33N5. The molecule has 3 heterocycles. The molecule has 0 saturated heterocycles. The number of rotatable bonds is 8. The van der Waals surface area contributed by atoms with E-state index in [0.717, 1.165) is 67.6 Å². The third kappa shape index (κ3) is 4.31. The maximum Gasteiger partial charge on any atom is 0.238 e. The third-order valence-electron chi connectivity index (χ3n) is 7.61. The highest BCUT2D eigenvalue weighted by Gasteiger charge is 2.21. The third-order valence-corrected chi connectivity index (χ3v) is 7.61. The van der Waals surface area contributed by atoms with E-state index in [0.29, 0.717) is 17.6 Å². The lowest BCUT2D eigenvalue weighted by Gasteiger charge is -2.13. The van der Waals surface area contributed by atoms with Gasteiger partial charge in [0.1, 0.15) is 0 Å². The molecule has 0 atom stereocenters. The molecule has 0 fully saturated rings. The van der Waals surface area contributed by atoms with Crippen molar-refractivity contribution in [2.45, 2.75) is 27.2 Å². The molecular weight excluding hydrogens is 514 g/mol. The number of fused-ring (bicyclic) bond motifs is 2. The average molecular weight is 548 g/mol. The Morgan fingerprint density at radius 3 is 2.21 bits per heavy atom. The van der Waals surface area contributed by atoms with Crippen LogP contribution in [-0.4, -0.2) is 24.1 Å². The van der Waals surface area contributed by atoms with Crippen molar-refractivity contribution in [2.24, 2.45) is 0 Å². The van der Waals surface area contributed by atoms with Gasteiger partial charge in [-0.15, -0.1) is 0 Å². The summed E-state index contributed by atoms with van der Waals surface area (Å²) in [5.41, 5.74) is 9.22. The first kappa shape index (κ1) is 26.9. The van der Waals surface area contributed by atoms with Gasteiger partial charge in [0, 0.05) is 38.8 Å². The van der Waals surface area contributed by atoms with Gasteiger partial charge in [0.2, 0.25) is 5.95 Å². The lowest BCUT2D eigenvalue weighted by molar-refractivity contribution is 0.860. The molecule has 206 valence electrons. The standard InChI is InChI=1S/C37H33N5/c1-7-16-32-28(9-3)29-19-14-15-20-33(29)41(32)26-21-22-30-27(8-2)31(10-4)42(34(30)23-26)37-39-35(24(5)6)38-36(40-37)25-17-12-11-13-18-25/h7-9,11-23H,2-3,5,10H2,1,4,6H3/b16-7-. The van der Waals surface area contributed by atoms with Gasteiger partial charge in [-0.1, -0.05) is 99.5 Å². The van der Waals surface area contributed by atoms with Gasteiger partial charge in [0.25, 0.3) is 0 Å². The molecule has 5 nitrogen and oxygen atoms in total. The van der Waals surface area contributed by atoms with E-state index in [1.165, 1.54) is 0 Å². The van der Waals surface area contributed by atoms with E-state index in [-0.39, 0.29) is 0 Å². The Kier molecular flexibility index (Phi) is 7.01. The predicted octanol–water partition coefficient (Wildman–Crippen LogP) is 9.34. The number of hydrogen-bond donors (Lipinski definition) is 0. The zero-order chi connectivity index (χ0) is 29.4. The van der Waals surface area contributed by atoms with Crippen LogP contribution in [0.4, 0.5) is 0 Å². The Labute approximate surface area is 246 Å². The molecule has 0 radical (unpaired) electrons. The normalized spacial score (nSPS) is 11.5. The van der Waals surface area contributed by atoms with Gasteiger partial charge in [-0.3, -0.25) is 4.57 Å². The summed E-state index contributed by atoms with van der Waals surface area (Å²) in [7, 11) is 0. The molecule has 0 aliphatic heterocycles. The van der Waals surface area contributed by atoms with Crippen LogP contribution in [0.3, 0.4) is 0 Å². The van der Waals surface area contributed by atoms with Crippen molar-refractivity contribution < 1.29 is 0 Å². The largest absolute Gasteiger partial charge is 0.309 e. The Bertz CT molecular complexity index is 2040. The molecule has 5 heteroatoms. The number of allylic oxidation sites excluding steroid dienone is 2. The fourth-order valence-corrected chi connectivity index (χ4v) is 5.77. The molecule has 0 N–H and O–H groups in total. The second-order valence-electron chi connectivity index (χ2n) is 10.2. The first-order valence-electron chi connectivity index (χ1n) is 14.2. The topological polar surface area (TPSA) is 48.5 Å². The molecule has 6 rings (SSSR count). The fraction of sp³-hybridized carbons (Fsp3) is 0.108. The molecule has 0 aliphatic carbocycles. The van der Waals surface area contributed by atoms with E-state index in [4.69, 9.17) is 15.0 Å². The lowest BCUT2D eigenvalue weighted by atomic mass is 10.1. The number of hydrogen-bond acceptors (Lipinski definition) is 3. The summed E-state index contributed by atoms with van der Waals surface area (Å²) in [4.78, 5) is 14.7. The maximum atomic E-state index is 5.01. The van der Waals surface area contributed by atoms with Crippen molar-refractivity contribution in [2.75, 3.05) is 0 Å². The van der Waals surface area contributed by atoms with Crippen LogP contribution < -0.4 is 0 Å². The zero-order valence-corrected chi connectivity index (χ0v) is 24.3. The van der Waals surface area contributed by atoms with Crippen molar-refractivity contribution >= 4 is 45.6 Å². The van der Waals surface area contributed by atoms with Gasteiger partial charge in [0.15, 0.2) is 11.6 Å². The summed E-state index contributed by atoms with van der Waals surface area (Å²) >= 11 is 0. The second kappa shape index (κ2) is 10.9. The van der Waals surface area contributed by atoms with E-state index in [1.807, 2.05) is 56.3 Å². The highest BCUT2D eigenvalue weighted by atomic mass is 15.2.